The molecule has 138 valence electrons. The van der Waals surface area contributed by atoms with E-state index in [9.17, 15) is 9.59 Å². The van der Waals surface area contributed by atoms with Gasteiger partial charge in [-0.1, -0.05) is 23.8 Å². The summed E-state index contributed by atoms with van der Waals surface area (Å²) < 4.78 is 10.9. The van der Waals surface area contributed by atoms with Gasteiger partial charge in [0.25, 0.3) is 0 Å². The van der Waals surface area contributed by atoms with E-state index in [2.05, 4.69) is 33.4 Å². The number of esters is 2. The van der Waals surface area contributed by atoms with Gasteiger partial charge in [0.15, 0.2) is 0 Å². The SMILES string of the molecule is C=C(C)[C@@H]1CC[C@@]2(C1)C(C)=CCC[C@]2(C)OC(=O)/C=C(/C)OC(C)=O. The zero-order chi connectivity index (χ0) is 18.8. The summed E-state index contributed by atoms with van der Waals surface area (Å²) in [5, 5.41) is 0. The summed E-state index contributed by atoms with van der Waals surface area (Å²) in [4.78, 5) is 23.4. The van der Waals surface area contributed by atoms with Gasteiger partial charge in [-0.2, -0.15) is 0 Å². The molecule has 0 saturated heterocycles. The van der Waals surface area contributed by atoms with Gasteiger partial charge in [-0.15, -0.1) is 0 Å². The normalized spacial score (nSPS) is 32.3. The second kappa shape index (κ2) is 7.19. The summed E-state index contributed by atoms with van der Waals surface area (Å²) in [5.74, 6) is -0.169. The second-order valence-corrected chi connectivity index (χ2v) is 7.79. The Morgan fingerprint density at radius 1 is 1.28 bits per heavy atom. The molecule has 0 N–H and O–H groups in total. The van der Waals surface area contributed by atoms with E-state index in [1.807, 2.05) is 0 Å². The van der Waals surface area contributed by atoms with Gasteiger partial charge < -0.3 is 9.47 Å². The lowest BCUT2D eigenvalue weighted by atomic mass is 9.61. The molecule has 0 amide bonds. The van der Waals surface area contributed by atoms with Gasteiger partial charge in [-0.25, -0.2) is 4.79 Å². The highest BCUT2D eigenvalue weighted by atomic mass is 16.6. The maximum Gasteiger partial charge on any atom is 0.334 e. The lowest BCUT2D eigenvalue weighted by Crippen LogP contribution is -2.50. The van der Waals surface area contributed by atoms with Gasteiger partial charge >= 0.3 is 11.9 Å². The molecule has 0 heterocycles. The van der Waals surface area contributed by atoms with Crippen molar-refractivity contribution in [1.29, 1.82) is 0 Å². The van der Waals surface area contributed by atoms with Crippen LogP contribution >= 0.6 is 0 Å². The van der Waals surface area contributed by atoms with Crippen molar-refractivity contribution >= 4 is 11.9 Å². The van der Waals surface area contributed by atoms with Crippen molar-refractivity contribution in [1.82, 2.24) is 0 Å². The van der Waals surface area contributed by atoms with Crippen molar-refractivity contribution in [2.24, 2.45) is 11.3 Å². The molecule has 0 aliphatic heterocycles. The third-order valence-corrected chi connectivity index (χ3v) is 6.00. The van der Waals surface area contributed by atoms with Crippen molar-refractivity contribution in [2.75, 3.05) is 0 Å². The van der Waals surface area contributed by atoms with Crippen LogP contribution in [-0.2, 0) is 19.1 Å². The Bertz CT molecular complexity index is 642. The van der Waals surface area contributed by atoms with Gasteiger partial charge in [0.1, 0.15) is 11.4 Å². The van der Waals surface area contributed by atoms with Crippen LogP contribution < -0.4 is 0 Å². The molecule has 0 aromatic heterocycles. The quantitative estimate of drug-likeness (QED) is 0.316. The number of allylic oxidation sites excluding steroid dienone is 3. The molecule has 3 atom stereocenters. The lowest BCUT2D eigenvalue weighted by molar-refractivity contribution is -0.167. The number of hydrogen-bond donors (Lipinski definition) is 0. The minimum atomic E-state index is -0.555. The zero-order valence-electron chi connectivity index (χ0n) is 16.1. The fourth-order valence-corrected chi connectivity index (χ4v) is 4.54. The van der Waals surface area contributed by atoms with E-state index < -0.39 is 17.5 Å². The fourth-order valence-electron chi connectivity index (χ4n) is 4.54. The Morgan fingerprint density at radius 2 is 1.96 bits per heavy atom. The number of ether oxygens (including phenoxy) is 2. The highest BCUT2D eigenvalue weighted by Crippen LogP contribution is 2.59. The molecule has 25 heavy (non-hydrogen) atoms. The number of rotatable bonds is 4. The first-order valence-corrected chi connectivity index (χ1v) is 9.02. The highest BCUT2D eigenvalue weighted by molar-refractivity contribution is 5.83. The minimum Gasteiger partial charge on any atom is -0.455 e. The fraction of sp³-hybridized carbons (Fsp3) is 0.619. The van der Waals surface area contributed by atoms with Crippen LogP contribution in [-0.4, -0.2) is 17.5 Å². The minimum absolute atomic E-state index is 0.131. The smallest absolute Gasteiger partial charge is 0.334 e. The third-order valence-electron chi connectivity index (χ3n) is 6.00. The average Bonchev–Trinajstić information content (AvgIpc) is 2.91. The van der Waals surface area contributed by atoms with E-state index in [-0.39, 0.29) is 11.2 Å². The molecule has 0 aromatic carbocycles. The Kier molecular flexibility index (Phi) is 5.60. The maximum atomic E-state index is 12.4. The van der Waals surface area contributed by atoms with Crippen LogP contribution in [0.1, 0.15) is 66.7 Å². The maximum absolute atomic E-state index is 12.4. The molecule has 0 aromatic rings. The number of hydrogen-bond acceptors (Lipinski definition) is 4. The third kappa shape index (κ3) is 3.88. The predicted octanol–water partition coefficient (Wildman–Crippen LogP) is 4.86. The van der Waals surface area contributed by atoms with Crippen LogP contribution in [0.5, 0.6) is 0 Å². The van der Waals surface area contributed by atoms with Gasteiger partial charge in [-0.05, 0) is 65.7 Å². The first kappa shape index (κ1) is 19.5. The first-order valence-electron chi connectivity index (χ1n) is 9.02. The summed E-state index contributed by atoms with van der Waals surface area (Å²) in [6, 6.07) is 0. The van der Waals surface area contributed by atoms with E-state index >= 15 is 0 Å². The summed E-state index contributed by atoms with van der Waals surface area (Å²) in [6.07, 6.45) is 8.32. The molecule has 2 rings (SSSR count). The summed E-state index contributed by atoms with van der Waals surface area (Å²) in [5.41, 5.74) is 1.83. The second-order valence-electron chi connectivity index (χ2n) is 7.79. The lowest BCUT2D eigenvalue weighted by Gasteiger charge is -2.49. The van der Waals surface area contributed by atoms with Crippen LogP contribution in [0.15, 0.2) is 35.6 Å². The Labute approximate surface area is 151 Å². The summed E-state index contributed by atoms with van der Waals surface area (Å²) in [6.45, 7) is 13.3. The van der Waals surface area contributed by atoms with Crippen molar-refractivity contribution < 1.29 is 19.1 Å². The van der Waals surface area contributed by atoms with Gasteiger partial charge in [0.05, 0.1) is 6.08 Å². The van der Waals surface area contributed by atoms with E-state index in [0.717, 1.165) is 32.1 Å². The van der Waals surface area contributed by atoms with Crippen LogP contribution in [0.25, 0.3) is 0 Å². The number of carbonyl (C=O) groups excluding carboxylic acids is 2. The molecule has 0 radical (unpaired) electrons. The molecular formula is C21H30O4. The van der Waals surface area contributed by atoms with Crippen molar-refractivity contribution in [2.45, 2.75) is 72.3 Å². The Morgan fingerprint density at radius 3 is 2.52 bits per heavy atom. The van der Waals surface area contributed by atoms with Gasteiger partial charge in [0, 0.05) is 12.3 Å². The summed E-state index contributed by atoms with van der Waals surface area (Å²) >= 11 is 0. The molecular weight excluding hydrogens is 316 g/mol. The molecule has 0 unspecified atom stereocenters. The first-order chi connectivity index (χ1) is 11.6. The van der Waals surface area contributed by atoms with E-state index in [0.29, 0.717) is 5.92 Å². The molecule has 0 bridgehead atoms. The predicted molar refractivity (Wildman–Crippen MR) is 97.6 cm³/mol. The molecule has 2 aliphatic carbocycles. The van der Waals surface area contributed by atoms with E-state index in [1.165, 1.54) is 24.1 Å². The summed E-state index contributed by atoms with van der Waals surface area (Å²) in [7, 11) is 0. The largest absolute Gasteiger partial charge is 0.455 e. The van der Waals surface area contributed by atoms with Crippen molar-refractivity contribution in [3.63, 3.8) is 0 Å². The molecule has 4 heteroatoms. The monoisotopic (exact) mass is 346 g/mol. The van der Waals surface area contributed by atoms with Crippen LogP contribution in [0.3, 0.4) is 0 Å². The zero-order valence-corrected chi connectivity index (χ0v) is 16.1. The van der Waals surface area contributed by atoms with Crippen molar-refractivity contribution in [3.05, 3.63) is 35.6 Å². The molecule has 1 fully saturated rings. The number of carbonyl (C=O) groups is 2. The Balaban J connectivity index is 2.25. The average molecular weight is 346 g/mol. The molecule has 4 nitrogen and oxygen atoms in total. The van der Waals surface area contributed by atoms with E-state index in [4.69, 9.17) is 9.47 Å². The van der Waals surface area contributed by atoms with Gasteiger partial charge in [-0.3, -0.25) is 4.79 Å². The molecule has 1 saturated carbocycles. The highest BCUT2D eigenvalue weighted by Gasteiger charge is 2.56. The molecule has 2 aliphatic rings. The van der Waals surface area contributed by atoms with Crippen LogP contribution in [0.4, 0.5) is 0 Å². The Hall–Kier alpha value is -1.84. The standard InChI is InChI=1S/C21H30O4/c1-14(2)18-9-11-21(13-18)15(3)8-7-10-20(21,6)25-19(23)12-16(4)24-17(5)22/h8,12,18H,1,7,9-11,13H2,2-6H3/b16-12-/t18-,20+,21-/m1/s1. The van der Waals surface area contributed by atoms with Crippen LogP contribution in [0.2, 0.25) is 0 Å². The topological polar surface area (TPSA) is 52.6 Å². The molecule has 1 spiro atoms. The van der Waals surface area contributed by atoms with Crippen molar-refractivity contribution in [3.8, 4) is 0 Å². The van der Waals surface area contributed by atoms with Crippen LogP contribution in [0, 0.1) is 11.3 Å². The van der Waals surface area contributed by atoms with E-state index in [1.54, 1.807) is 6.92 Å². The van der Waals surface area contributed by atoms with Gasteiger partial charge in [0.2, 0.25) is 0 Å².